The summed E-state index contributed by atoms with van der Waals surface area (Å²) in [5.41, 5.74) is 2.77. The normalized spacial score (nSPS) is 14.4. The molecule has 7 nitrogen and oxygen atoms in total. The van der Waals surface area contributed by atoms with Crippen molar-refractivity contribution in [3.63, 3.8) is 0 Å². The lowest BCUT2D eigenvalue weighted by atomic mass is 10.1. The van der Waals surface area contributed by atoms with Crippen LogP contribution in [-0.2, 0) is 0 Å². The fourth-order valence-corrected chi connectivity index (χ4v) is 3.33. The zero-order chi connectivity index (χ0) is 19.4. The largest absolute Gasteiger partial charge is 0.457 e. The zero-order valence-electron chi connectivity index (χ0n) is 15.4. The number of anilines is 1. The van der Waals surface area contributed by atoms with E-state index >= 15 is 0 Å². The SMILES string of the molecule is Cc1cc(C#N)cc(C)c1Oc1ccc([N+](=O)[O-])c(NC2CCNCC2)c1. The lowest BCUT2D eigenvalue weighted by Crippen LogP contribution is -2.35. The predicted molar refractivity (Wildman–Crippen MR) is 103 cm³/mol. The monoisotopic (exact) mass is 366 g/mol. The first kappa shape index (κ1) is 18.7. The molecule has 2 aromatic carbocycles. The van der Waals surface area contributed by atoms with Gasteiger partial charge in [-0.05, 0) is 69.1 Å². The summed E-state index contributed by atoms with van der Waals surface area (Å²) >= 11 is 0. The third kappa shape index (κ3) is 4.36. The van der Waals surface area contributed by atoms with E-state index in [2.05, 4.69) is 16.7 Å². The van der Waals surface area contributed by atoms with E-state index in [-0.39, 0.29) is 16.7 Å². The Morgan fingerprint density at radius 3 is 2.48 bits per heavy atom. The van der Waals surface area contributed by atoms with Crippen LogP contribution in [0.2, 0.25) is 0 Å². The number of nitro benzene ring substituents is 1. The number of piperidine rings is 1. The highest BCUT2D eigenvalue weighted by Gasteiger charge is 2.20. The molecule has 1 fully saturated rings. The molecule has 3 rings (SSSR count). The summed E-state index contributed by atoms with van der Waals surface area (Å²) in [6, 6.07) is 10.6. The van der Waals surface area contributed by atoms with Crippen LogP contribution in [0.4, 0.5) is 11.4 Å². The quantitative estimate of drug-likeness (QED) is 0.612. The summed E-state index contributed by atoms with van der Waals surface area (Å²) < 4.78 is 6.02. The molecule has 7 heteroatoms. The summed E-state index contributed by atoms with van der Waals surface area (Å²) in [5, 5.41) is 27.0. The van der Waals surface area contributed by atoms with Gasteiger partial charge >= 0.3 is 0 Å². The van der Waals surface area contributed by atoms with Gasteiger partial charge in [0.15, 0.2) is 0 Å². The third-order valence-electron chi connectivity index (χ3n) is 4.67. The van der Waals surface area contributed by atoms with E-state index in [1.54, 1.807) is 24.3 Å². The average Bonchev–Trinajstić information content (AvgIpc) is 2.65. The van der Waals surface area contributed by atoms with Crippen LogP contribution in [0.5, 0.6) is 11.5 Å². The number of ether oxygens (including phenoxy) is 1. The summed E-state index contributed by atoms with van der Waals surface area (Å²) in [4.78, 5) is 11.0. The minimum atomic E-state index is -0.384. The number of nitriles is 1. The highest BCUT2D eigenvalue weighted by Crippen LogP contribution is 2.35. The first-order valence-corrected chi connectivity index (χ1v) is 8.93. The van der Waals surface area contributed by atoms with E-state index < -0.39 is 0 Å². The van der Waals surface area contributed by atoms with Crippen LogP contribution in [0.15, 0.2) is 30.3 Å². The molecule has 0 aliphatic carbocycles. The molecular formula is C20H22N4O3. The first-order valence-electron chi connectivity index (χ1n) is 8.93. The van der Waals surface area contributed by atoms with Crippen molar-refractivity contribution in [3.8, 4) is 17.6 Å². The number of rotatable bonds is 5. The molecule has 2 N–H and O–H groups in total. The molecule has 1 heterocycles. The zero-order valence-corrected chi connectivity index (χ0v) is 15.4. The second-order valence-electron chi connectivity index (χ2n) is 6.76. The molecule has 1 aliphatic heterocycles. The second-order valence-corrected chi connectivity index (χ2v) is 6.76. The standard InChI is InChI=1S/C20H22N4O3/c1-13-9-15(12-21)10-14(2)20(13)27-17-3-4-19(24(25)26)18(11-17)23-16-5-7-22-8-6-16/h3-4,9-11,16,22-23H,5-8H2,1-2H3. The van der Waals surface area contributed by atoms with Gasteiger partial charge in [0.25, 0.3) is 5.69 Å². The number of hydrogen-bond donors (Lipinski definition) is 2. The van der Waals surface area contributed by atoms with Crippen LogP contribution in [0, 0.1) is 35.3 Å². The lowest BCUT2D eigenvalue weighted by molar-refractivity contribution is -0.384. The number of nitro groups is 1. The van der Waals surface area contributed by atoms with Gasteiger partial charge in [-0.3, -0.25) is 10.1 Å². The van der Waals surface area contributed by atoms with Crippen LogP contribution >= 0.6 is 0 Å². The fourth-order valence-electron chi connectivity index (χ4n) is 3.33. The van der Waals surface area contributed by atoms with Gasteiger partial charge < -0.3 is 15.4 Å². The van der Waals surface area contributed by atoms with Crippen molar-refractivity contribution < 1.29 is 9.66 Å². The number of nitrogens with one attached hydrogen (secondary N) is 2. The van der Waals surface area contributed by atoms with E-state index in [1.807, 2.05) is 13.8 Å². The van der Waals surface area contributed by atoms with Crippen molar-refractivity contribution in [2.45, 2.75) is 32.7 Å². The number of benzene rings is 2. The van der Waals surface area contributed by atoms with Crippen LogP contribution in [-0.4, -0.2) is 24.1 Å². The molecule has 0 saturated carbocycles. The van der Waals surface area contributed by atoms with Crippen LogP contribution in [0.3, 0.4) is 0 Å². The molecule has 1 aliphatic rings. The van der Waals surface area contributed by atoms with Gasteiger partial charge in [-0.15, -0.1) is 0 Å². The van der Waals surface area contributed by atoms with Gasteiger partial charge in [0.1, 0.15) is 17.2 Å². The third-order valence-corrected chi connectivity index (χ3v) is 4.67. The molecule has 27 heavy (non-hydrogen) atoms. The molecule has 1 saturated heterocycles. The molecule has 0 atom stereocenters. The summed E-state index contributed by atoms with van der Waals surface area (Å²) in [7, 11) is 0. The Morgan fingerprint density at radius 1 is 1.22 bits per heavy atom. The minimum absolute atomic E-state index is 0.0363. The van der Waals surface area contributed by atoms with Gasteiger partial charge in [-0.25, -0.2) is 0 Å². The fraction of sp³-hybridized carbons (Fsp3) is 0.350. The number of hydrogen-bond acceptors (Lipinski definition) is 6. The van der Waals surface area contributed by atoms with E-state index in [0.29, 0.717) is 22.7 Å². The molecule has 0 radical (unpaired) electrons. The van der Waals surface area contributed by atoms with E-state index in [4.69, 9.17) is 10.00 Å². The Hall–Kier alpha value is -3.11. The first-order chi connectivity index (χ1) is 13.0. The molecule has 0 spiro atoms. The van der Waals surface area contributed by atoms with Gasteiger partial charge in [0, 0.05) is 18.2 Å². The second kappa shape index (κ2) is 8.06. The van der Waals surface area contributed by atoms with E-state index in [1.165, 1.54) is 6.07 Å². The maximum atomic E-state index is 11.4. The molecule has 0 unspecified atom stereocenters. The van der Waals surface area contributed by atoms with Crippen LogP contribution < -0.4 is 15.4 Å². The topological polar surface area (TPSA) is 100 Å². The van der Waals surface area contributed by atoms with Crippen LogP contribution in [0.25, 0.3) is 0 Å². The van der Waals surface area contributed by atoms with Crippen molar-refractivity contribution in [2.75, 3.05) is 18.4 Å². The Labute approximate surface area is 158 Å². The maximum absolute atomic E-state index is 11.4. The maximum Gasteiger partial charge on any atom is 0.292 e. The van der Waals surface area contributed by atoms with Gasteiger partial charge in [-0.1, -0.05) is 0 Å². The molecule has 0 bridgehead atoms. The Kier molecular flexibility index (Phi) is 5.57. The summed E-state index contributed by atoms with van der Waals surface area (Å²) in [5.74, 6) is 1.18. The van der Waals surface area contributed by atoms with Gasteiger partial charge in [0.2, 0.25) is 0 Å². The van der Waals surface area contributed by atoms with Crippen molar-refractivity contribution in [1.29, 1.82) is 5.26 Å². The van der Waals surface area contributed by atoms with Gasteiger partial charge in [-0.2, -0.15) is 5.26 Å². The molecule has 0 amide bonds. The van der Waals surface area contributed by atoms with E-state index in [0.717, 1.165) is 37.1 Å². The Morgan fingerprint density at radius 2 is 1.89 bits per heavy atom. The highest BCUT2D eigenvalue weighted by atomic mass is 16.6. The number of nitrogens with zero attached hydrogens (tertiary/aromatic N) is 2. The highest BCUT2D eigenvalue weighted by molar-refractivity contribution is 5.65. The Balaban J connectivity index is 1.89. The molecular weight excluding hydrogens is 344 g/mol. The Bertz CT molecular complexity index is 876. The average molecular weight is 366 g/mol. The van der Waals surface area contributed by atoms with Crippen molar-refractivity contribution >= 4 is 11.4 Å². The van der Waals surface area contributed by atoms with Crippen molar-refractivity contribution in [3.05, 3.63) is 57.1 Å². The number of aryl methyl sites for hydroxylation is 2. The molecule has 0 aromatic heterocycles. The lowest BCUT2D eigenvalue weighted by Gasteiger charge is -2.24. The summed E-state index contributed by atoms with van der Waals surface area (Å²) in [6.07, 6.45) is 1.83. The smallest absolute Gasteiger partial charge is 0.292 e. The van der Waals surface area contributed by atoms with E-state index in [9.17, 15) is 10.1 Å². The summed E-state index contributed by atoms with van der Waals surface area (Å²) in [6.45, 7) is 5.54. The van der Waals surface area contributed by atoms with Crippen molar-refractivity contribution in [2.24, 2.45) is 0 Å². The molecule has 2 aromatic rings. The predicted octanol–water partition coefficient (Wildman–Crippen LogP) is 4.04. The van der Waals surface area contributed by atoms with Crippen LogP contribution in [0.1, 0.15) is 29.5 Å². The molecule has 140 valence electrons. The van der Waals surface area contributed by atoms with Crippen molar-refractivity contribution in [1.82, 2.24) is 5.32 Å². The minimum Gasteiger partial charge on any atom is -0.457 e. The van der Waals surface area contributed by atoms with Gasteiger partial charge in [0.05, 0.1) is 16.6 Å².